The average Bonchev–Trinajstić information content (AvgIpc) is 0.784. The van der Waals surface area contributed by atoms with Gasteiger partial charge in [0.2, 0.25) is 0 Å². The zero-order valence-corrected chi connectivity index (χ0v) is 90.6. The molecule has 0 saturated carbocycles. The second-order valence-corrected chi connectivity index (χ2v) is 82.6. The molecule has 0 radical (unpaired) electrons. The zero-order chi connectivity index (χ0) is 89.8. The molecule has 0 aromatic carbocycles. The average molecular weight is 1700 g/mol. The van der Waals surface area contributed by atoms with Crippen molar-refractivity contribution in [2.75, 3.05) is 28.2 Å². The molecule has 0 fully saturated rings. The fourth-order valence-corrected chi connectivity index (χ4v) is 30.8. The molecule has 8 N–H and O–H groups in total. The predicted octanol–water partition coefficient (Wildman–Crippen LogP) is 21.3. The molecule has 6 unspecified atom stereocenters. The Morgan fingerprint density at radius 3 is 0.761 bits per heavy atom. The second kappa shape index (κ2) is 50.6. The van der Waals surface area contributed by atoms with Crippen LogP contribution < -0.4 is 0 Å². The molecule has 27 heteroatoms. The lowest BCUT2D eigenvalue weighted by molar-refractivity contribution is 0.103. The zero-order valence-electron chi connectivity index (χ0n) is 81.6. The van der Waals surface area contributed by atoms with Crippen molar-refractivity contribution in [1.29, 1.82) is 0 Å². The molecule has 0 aliphatic rings. The van der Waals surface area contributed by atoms with E-state index < -0.39 is 117 Å². The maximum Gasteiger partial charge on any atom is 0.180 e. The van der Waals surface area contributed by atoms with E-state index in [1.807, 2.05) is 111 Å². The molecule has 109 heavy (non-hydrogen) atoms. The molecule has 0 heterocycles. The van der Waals surface area contributed by atoms with Gasteiger partial charge >= 0.3 is 0 Å². The van der Waals surface area contributed by atoms with Crippen LogP contribution in [0.3, 0.4) is 0 Å². The predicted molar refractivity (Wildman–Crippen MR) is 520 cm³/mol. The summed E-state index contributed by atoms with van der Waals surface area (Å²) in [6, 6.07) is 10.3. The number of aliphatic hydroxyl groups is 8. The van der Waals surface area contributed by atoms with Gasteiger partial charge in [-0.25, -0.2) is 0 Å². The molecule has 0 amide bonds. The Morgan fingerprint density at radius 2 is 0.541 bits per heavy atom. The minimum absolute atomic E-state index is 0.637. The van der Waals surface area contributed by atoms with Crippen LogP contribution in [-0.4, -0.2) is 242 Å². The number of nitrogens with zero attached hydrogens (tertiary/aromatic N) is 10. The van der Waals surface area contributed by atoms with Crippen LogP contribution in [0.15, 0.2) is 63.5 Å². The van der Waals surface area contributed by atoms with Gasteiger partial charge in [0, 0.05) is 62.5 Å². The number of hydrogen-bond acceptors (Lipinski definition) is 18. The molecular formula is C82H188N10O8Si9. The first kappa shape index (κ1) is 123. The normalized spacial score (nSPS) is 17.4. The molecule has 0 aliphatic heterocycles. The van der Waals surface area contributed by atoms with E-state index in [0.717, 1.165) is 95.5 Å². The highest BCUT2D eigenvalue weighted by atomic mass is 28.4. The van der Waals surface area contributed by atoms with Gasteiger partial charge in [0.1, 0.15) is 16.8 Å². The van der Waals surface area contributed by atoms with Gasteiger partial charge in [0.25, 0.3) is 0 Å². The molecule has 18 nitrogen and oxygen atoms in total. The molecule has 0 aromatic rings. The van der Waals surface area contributed by atoms with E-state index in [-0.39, 0.29) is 0 Å². The topological polar surface area (TPSA) is 267 Å². The molecule has 650 valence electrons. The Morgan fingerprint density at radius 1 is 0.303 bits per heavy atom. The Labute approximate surface area is 686 Å². The first-order valence-electron chi connectivity index (χ1n) is 41.0. The number of hydrogen-bond donors (Lipinski definition) is 8. The van der Waals surface area contributed by atoms with Gasteiger partial charge in [0.15, 0.2) is 49.4 Å². The van der Waals surface area contributed by atoms with E-state index in [9.17, 15) is 40.9 Å². The van der Waals surface area contributed by atoms with Gasteiger partial charge in [-0.3, -0.25) is 0 Å². The summed E-state index contributed by atoms with van der Waals surface area (Å²) in [4.78, 5) is 0. The van der Waals surface area contributed by atoms with Crippen LogP contribution in [0.4, 0.5) is 0 Å². The van der Waals surface area contributed by atoms with Gasteiger partial charge in [-0.05, 0) is 246 Å². The standard InChI is InChI=1S/C16H37NOSi2.C12H28N2OSi.C10H25NOSi2.C10H23NOSi.C9H21NOSi.C9H19NOSi.C8H16N2O.C8H19NOSi/c1-9-19(10-2,11-3)16(8,18)15(7)17-20(12-4,13-5)14-6;1-8-16(9-2,10-3)12(5,15)11(4)13-14(6)7;1-9(11-14(6,7)8)10(2,12)13(3,4)5;1-7-10(12,8-2)9(3)11-13(4,5)6;2*1-7-9(3,11)8(2)10-12(4,5)6;1-6-8(3,11)7(2)9-10(4)5;1-7(8(2,3)10)9-11(4,5)6/h18H,9-14H2,1-8H3;15H,8-10H2,1-7H3;12H,1-8H3;12H,7-8H2,1-6H3;11H,7H2,1-6H3;7,11H,1H2,2-6H3;6,11H,1H2,2-5H3;10H,1-6H3. The third-order valence-corrected chi connectivity index (χ3v) is 47.8. The minimum Gasteiger partial charge on any atom is -0.388 e. The van der Waals surface area contributed by atoms with Gasteiger partial charge in [-0.15, -0.1) is 0 Å². The summed E-state index contributed by atoms with van der Waals surface area (Å²) in [6.07, 6.45) is 5.22. The van der Waals surface area contributed by atoms with Gasteiger partial charge in [-0.2, -0.15) is 10.2 Å². The largest absolute Gasteiger partial charge is 0.388 e. The van der Waals surface area contributed by atoms with Gasteiger partial charge in [0.05, 0.1) is 62.5 Å². The van der Waals surface area contributed by atoms with Crippen molar-refractivity contribution in [3.63, 3.8) is 0 Å². The van der Waals surface area contributed by atoms with Crippen LogP contribution in [-0.2, 0) is 0 Å². The lowest BCUT2D eigenvalue weighted by Crippen LogP contribution is -2.60. The summed E-state index contributed by atoms with van der Waals surface area (Å²) in [5.74, 6) is 0. The smallest absolute Gasteiger partial charge is 0.180 e. The Hall–Kier alpha value is -1.93. The fourth-order valence-electron chi connectivity index (χ4n) is 11.5. The molecular weight excluding hydrogens is 1510 g/mol. The monoisotopic (exact) mass is 1690 g/mol. The van der Waals surface area contributed by atoms with E-state index in [0.29, 0.717) is 5.71 Å². The van der Waals surface area contributed by atoms with Crippen LogP contribution in [0, 0.1) is 0 Å². The highest BCUT2D eigenvalue weighted by molar-refractivity contribution is 6.87. The summed E-state index contributed by atoms with van der Waals surface area (Å²) < 4.78 is 28.0. The van der Waals surface area contributed by atoms with Crippen molar-refractivity contribution in [2.24, 2.45) is 38.2 Å². The highest BCUT2D eigenvalue weighted by Crippen LogP contribution is 2.36. The quantitative estimate of drug-likeness (QED) is 0.0133. The van der Waals surface area contributed by atoms with Crippen LogP contribution in [0.2, 0.25) is 172 Å². The lowest BCUT2D eigenvalue weighted by Gasteiger charge is -2.43. The third kappa shape index (κ3) is 49.0. The molecule has 0 aromatic heterocycles. The van der Waals surface area contributed by atoms with Crippen molar-refractivity contribution in [1.82, 2.24) is 10.0 Å². The van der Waals surface area contributed by atoms with Gasteiger partial charge in [-0.1, -0.05) is 164 Å². The molecule has 6 atom stereocenters. The molecule has 0 saturated heterocycles. The van der Waals surface area contributed by atoms with Crippen molar-refractivity contribution < 1.29 is 40.9 Å². The number of rotatable bonds is 33. The van der Waals surface area contributed by atoms with E-state index in [4.69, 9.17) is 4.66 Å². The summed E-state index contributed by atoms with van der Waals surface area (Å²) >= 11 is 0. The molecule has 0 aliphatic carbocycles. The number of hydrazone groups is 2. The summed E-state index contributed by atoms with van der Waals surface area (Å²) in [6.45, 7) is 102. The first-order valence-corrected chi connectivity index (χ1v) is 69.5. The molecule has 0 rings (SSSR count). The van der Waals surface area contributed by atoms with Crippen LogP contribution >= 0.6 is 0 Å². The van der Waals surface area contributed by atoms with Crippen molar-refractivity contribution in [2.45, 2.75) is 429 Å². The van der Waals surface area contributed by atoms with E-state index >= 15 is 0 Å². The van der Waals surface area contributed by atoms with Crippen molar-refractivity contribution in [3.8, 4) is 0 Å². The maximum atomic E-state index is 11.3. The minimum atomic E-state index is -1.70. The summed E-state index contributed by atoms with van der Waals surface area (Å²) in [5, 5.41) is 91.2. The second-order valence-electron chi connectivity index (χ2n) is 38.2. The van der Waals surface area contributed by atoms with Crippen LogP contribution in [0.5, 0.6) is 0 Å². The first-order chi connectivity index (χ1) is 48.0. The lowest BCUT2D eigenvalue weighted by atomic mass is 9.93. The van der Waals surface area contributed by atoms with Crippen LogP contribution in [0.1, 0.15) is 213 Å². The molecule has 0 spiro atoms. The highest BCUT2D eigenvalue weighted by Gasteiger charge is 2.49. The van der Waals surface area contributed by atoms with Crippen molar-refractivity contribution >= 4 is 119 Å². The SMILES string of the molecule is C=CC(C)(O)C(C)=NN(C)C.C=CC(C)(O)C(C)=N[Si](C)(C)C.CC(=N[Si](C)(C)C)C(C)(C)O.CC(=N[Si](C)(C)C)C(C)(O)[Si](C)(C)C.CCC(C)(O)C(C)=N[Si](C)(C)C.CCC(O)(CC)C(C)=N[Si](C)(C)C.CC[Si](CC)(CC)C(C)(O)C(C)=NN(C)C.CC[Si](CC)(CC)N=C(C)C(C)(O)[Si](CC)(CC)CC. The Bertz CT molecular complexity index is 2810. The Balaban J connectivity index is -0.000000180. The van der Waals surface area contributed by atoms with Crippen LogP contribution in [0.25, 0.3) is 0 Å². The summed E-state index contributed by atoms with van der Waals surface area (Å²) in [5.41, 5.74) is 2.79. The van der Waals surface area contributed by atoms with E-state index in [1.165, 1.54) is 30.3 Å². The van der Waals surface area contributed by atoms with Gasteiger partial charge < -0.3 is 78.8 Å². The van der Waals surface area contributed by atoms with E-state index in [2.05, 4.69) is 241 Å². The maximum absolute atomic E-state index is 11.3. The molecule has 0 bridgehead atoms. The Kier molecular flexibility index (Phi) is 57.0. The van der Waals surface area contributed by atoms with E-state index in [1.54, 1.807) is 44.6 Å². The van der Waals surface area contributed by atoms with Crippen molar-refractivity contribution in [3.05, 3.63) is 25.3 Å². The fraction of sp³-hybridized carbons (Fsp3) is 0.854. The summed E-state index contributed by atoms with van der Waals surface area (Å²) in [7, 11) is -6.31. The third-order valence-electron chi connectivity index (χ3n) is 21.8.